The molecule has 0 bridgehead atoms. The zero-order valence-electron chi connectivity index (χ0n) is 13.4. The molecular weight excluding hydrogens is 306 g/mol. The molecule has 1 atom stereocenters. The van der Waals surface area contributed by atoms with Gasteiger partial charge in [-0.15, -0.1) is 11.8 Å². The number of aromatic hydroxyl groups is 2. The van der Waals surface area contributed by atoms with Crippen LogP contribution in [0.15, 0.2) is 47.4 Å². The lowest BCUT2D eigenvalue weighted by Gasteiger charge is -2.17. The summed E-state index contributed by atoms with van der Waals surface area (Å²) in [5.41, 5.74) is 2.89. The minimum Gasteiger partial charge on any atom is -0.504 e. The first-order valence-corrected chi connectivity index (χ1v) is 9.04. The number of aryl methyl sites for hydroxylation is 1. The van der Waals surface area contributed by atoms with E-state index in [-0.39, 0.29) is 11.5 Å². The van der Waals surface area contributed by atoms with Crippen molar-refractivity contribution in [1.82, 2.24) is 4.90 Å². The summed E-state index contributed by atoms with van der Waals surface area (Å²) in [6.07, 6.45) is 1.23. The van der Waals surface area contributed by atoms with Crippen LogP contribution in [0.2, 0.25) is 0 Å². The summed E-state index contributed by atoms with van der Waals surface area (Å²) in [6.45, 7) is 5.53. The topological polar surface area (TPSA) is 43.7 Å². The van der Waals surface area contributed by atoms with E-state index in [1.807, 2.05) is 6.07 Å². The van der Waals surface area contributed by atoms with Crippen LogP contribution in [-0.4, -0.2) is 40.5 Å². The highest BCUT2D eigenvalue weighted by atomic mass is 32.2. The van der Waals surface area contributed by atoms with Gasteiger partial charge >= 0.3 is 0 Å². The van der Waals surface area contributed by atoms with Crippen LogP contribution in [0.1, 0.15) is 23.5 Å². The molecule has 0 radical (unpaired) electrons. The molecule has 1 aliphatic heterocycles. The van der Waals surface area contributed by atoms with Crippen molar-refractivity contribution < 1.29 is 10.2 Å². The first-order chi connectivity index (χ1) is 11.1. The lowest BCUT2D eigenvalue weighted by molar-refractivity contribution is 0.357. The molecule has 1 saturated heterocycles. The van der Waals surface area contributed by atoms with E-state index in [0.29, 0.717) is 5.92 Å². The number of benzene rings is 2. The van der Waals surface area contributed by atoms with Gasteiger partial charge in [-0.2, -0.15) is 0 Å². The summed E-state index contributed by atoms with van der Waals surface area (Å²) in [4.78, 5) is 3.51. The normalized spacial score (nSPS) is 18.4. The number of likely N-dealkylation sites (tertiary alicyclic amines) is 1. The third kappa shape index (κ3) is 4.01. The van der Waals surface area contributed by atoms with E-state index in [1.165, 1.54) is 17.5 Å². The van der Waals surface area contributed by atoms with Crippen LogP contribution < -0.4 is 0 Å². The van der Waals surface area contributed by atoms with Gasteiger partial charge < -0.3 is 15.1 Å². The van der Waals surface area contributed by atoms with Crippen LogP contribution in [0.4, 0.5) is 0 Å². The number of hydrogen-bond donors (Lipinski definition) is 2. The maximum absolute atomic E-state index is 9.52. The average molecular weight is 329 g/mol. The standard InChI is InChI=1S/C19H23NO2S/c1-14-4-2-3-5-17(14)15-8-9-20(13-15)10-11-23-16-6-7-18(21)19(22)12-16/h2-7,12,15,21-22H,8-11,13H2,1H3. The number of nitrogens with zero attached hydrogens (tertiary/aromatic N) is 1. The van der Waals surface area contributed by atoms with Gasteiger partial charge in [0.05, 0.1) is 0 Å². The Morgan fingerprint density at radius 2 is 1.96 bits per heavy atom. The van der Waals surface area contributed by atoms with Crippen molar-refractivity contribution in [2.75, 3.05) is 25.4 Å². The monoisotopic (exact) mass is 329 g/mol. The second-order valence-electron chi connectivity index (χ2n) is 6.14. The highest BCUT2D eigenvalue weighted by Gasteiger charge is 2.24. The molecule has 2 N–H and O–H groups in total. The molecular formula is C19H23NO2S. The summed E-state index contributed by atoms with van der Waals surface area (Å²) in [7, 11) is 0. The molecule has 0 spiro atoms. The Hall–Kier alpha value is -1.65. The van der Waals surface area contributed by atoms with E-state index in [0.717, 1.165) is 30.3 Å². The Morgan fingerprint density at radius 1 is 1.13 bits per heavy atom. The van der Waals surface area contributed by atoms with E-state index in [1.54, 1.807) is 23.9 Å². The van der Waals surface area contributed by atoms with Gasteiger partial charge in [0.1, 0.15) is 0 Å². The van der Waals surface area contributed by atoms with Crippen LogP contribution in [0, 0.1) is 6.92 Å². The quantitative estimate of drug-likeness (QED) is 0.643. The number of hydrogen-bond acceptors (Lipinski definition) is 4. The highest BCUT2D eigenvalue weighted by Crippen LogP contribution is 2.31. The minimum atomic E-state index is -0.0602. The van der Waals surface area contributed by atoms with Gasteiger partial charge in [-0.1, -0.05) is 24.3 Å². The van der Waals surface area contributed by atoms with Crippen molar-refractivity contribution in [2.24, 2.45) is 0 Å². The molecule has 4 heteroatoms. The SMILES string of the molecule is Cc1ccccc1C1CCN(CCSc2ccc(O)c(O)c2)C1. The van der Waals surface area contributed by atoms with Gasteiger partial charge in [-0.25, -0.2) is 0 Å². The smallest absolute Gasteiger partial charge is 0.158 e. The molecule has 3 nitrogen and oxygen atoms in total. The van der Waals surface area contributed by atoms with Crippen molar-refractivity contribution in [3.63, 3.8) is 0 Å². The summed E-state index contributed by atoms with van der Waals surface area (Å²) < 4.78 is 0. The van der Waals surface area contributed by atoms with E-state index in [2.05, 4.69) is 36.1 Å². The largest absolute Gasteiger partial charge is 0.504 e. The summed E-state index contributed by atoms with van der Waals surface area (Å²) >= 11 is 1.72. The Kier molecular flexibility index (Phi) is 5.13. The Labute approximate surface area is 142 Å². The Bertz CT molecular complexity index is 674. The summed E-state index contributed by atoms with van der Waals surface area (Å²) in [6, 6.07) is 13.7. The fourth-order valence-electron chi connectivity index (χ4n) is 3.22. The Morgan fingerprint density at radius 3 is 2.74 bits per heavy atom. The highest BCUT2D eigenvalue weighted by molar-refractivity contribution is 7.99. The second-order valence-corrected chi connectivity index (χ2v) is 7.31. The minimum absolute atomic E-state index is 0.0456. The molecule has 2 aromatic rings. The molecule has 1 heterocycles. The number of rotatable bonds is 5. The lowest BCUT2D eigenvalue weighted by atomic mass is 9.94. The molecule has 23 heavy (non-hydrogen) atoms. The summed E-state index contributed by atoms with van der Waals surface area (Å²) in [5, 5.41) is 18.9. The van der Waals surface area contributed by atoms with Gasteiger partial charge in [0.15, 0.2) is 11.5 Å². The van der Waals surface area contributed by atoms with Crippen LogP contribution >= 0.6 is 11.8 Å². The fourth-order valence-corrected chi connectivity index (χ4v) is 4.16. The van der Waals surface area contributed by atoms with Crippen molar-refractivity contribution in [3.8, 4) is 11.5 Å². The van der Waals surface area contributed by atoms with Gasteiger partial charge in [0.2, 0.25) is 0 Å². The van der Waals surface area contributed by atoms with Crippen LogP contribution in [-0.2, 0) is 0 Å². The zero-order chi connectivity index (χ0) is 16.2. The van der Waals surface area contributed by atoms with Crippen LogP contribution in [0.5, 0.6) is 11.5 Å². The van der Waals surface area contributed by atoms with E-state index in [9.17, 15) is 10.2 Å². The molecule has 122 valence electrons. The van der Waals surface area contributed by atoms with Crippen molar-refractivity contribution >= 4 is 11.8 Å². The third-order valence-electron chi connectivity index (χ3n) is 4.52. The molecule has 0 amide bonds. The maximum atomic E-state index is 9.52. The zero-order valence-corrected chi connectivity index (χ0v) is 14.2. The molecule has 1 aliphatic rings. The van der Waals surface area contributed by atoms with Gasteiger partial charge in [-0.05, 0) is 55.1 Å². The molecule has 0 aliphatic carbocycles. The number of phenolic OH excluding ortho intramolecular Hbond substituents is 2. The molecule has 1 fully saturated rings. The second kappa shape index (κ2) is 7.28. The molecule has 3 rings (SSSR count). The van der Waals surface area contributed by atoms with Crippen LogP contribution in [0.25, 0.3) is 0 Å². The van der Waals surface area contributed by atoms with Gasteiger partial charge in [0, 0.05) is 23.7 Å². The van der Waals surface area contributed by atoms with Crippen molar-refractivity contribution in [1.29, 1.82) is 0 Å². The number of phenols is 2. The lowest BCUT2D eigenvalue weighted by Crippen LogP contribution is -2.23. The molecule has 0 saturated carbocycles. The first kappa shape index (κ1) is 16.2. The van der Waals surface area contributed by atoms with Gasteiger partial charge in [-0.3, -0.25) is 0 Å². The molecule has 1 unspecified atom stereocenters. The predicted octanol–water partition coefficient (Wildman–Crippen LogP) is 3.99. The average Bonchev–Trinajstić information content (AvgIpc) is 3.00. The van der Waals surface area contributed by atoms with Crippen molar-refractivity contribution in [2.45, 2.75) is 24.2 Å². The Balaban J connectivity index is 1.49. The third-order valence-corrected chi connectivity index (χ3v) is 5.50. The van der Waals surface area contributed by atoms with Crippen LogP contribution in [0.3, 0.4) is 0 Å². The molecule has 0 aromatic heterocycles. The van der Waals surface area contributed by atoms with E-state index >= 15 is 0 Å². The number of thioether (sulfide) groups is 1. The van der Waals surface area contributed by atoms with E-state index in [4.69, 9.17) is 0 Å². The van der Waals surface area contributed by atoms with Crippen molar-refractivity contribution in [3.05, 3.63) is 53.6 Å². The van der Waals surface area contributed by atoms with E-state index < -0.39 is 0 Å². The van der Waals surface area contributed by atoms with Gasteiger partial charge in [0.25, 0.3) is 0 Å². The fraction of sp³-hybridized carbons (Fsp3) is 0.368. The summed E-state index contributed by atoms with van der Waals surface area (Å²) in [5.74, 6) is 1.54. The predicted molar refractivity (Wildman–Crippen MR) is 95.5 cm³/mol. The first-order valence-electron chi connectivity index (χ1n) is 8.06. The molecule has 2 aromatic carbocycles. The maximum Gasteiger partial charge on any atom is 0.158 e.